The van der Waals surface area contributed by atoms with Gasteiger partial charge in [0.25, 0.3) is 5.91 Å². The number of nitrogens with zero attached hydrogens (tertiary/aromatic N) is 4. The van der Waals surface area contributed by atoms with Crippen LogP contribution in [-0.2, 0) is 6.42 Å². The van der Waals surface area contributed by atoms with Crippen LogP contribution in [0.1, 0.15) is 28.9 Å². The number of rotatable bonds is 4. The van der Waals surface area contributed by atoms with E-state index < -0.39 is 5.91 Å². The van der Waals surface area contributed by atoms with E-state index in [1.807, 2.05) is 18.2 Å². The zero-order chi connectivity index (χ0) is 21.1. The van der Waals surface area contributed by atoms with Crippen LogP contribution < -0.4 is 21.7 Å². The number of nitrogens with two attached hydrogens (primary N) is 2. The van der Waals surface area contributed by atoms with E-state index in [0.717, 1.165) is 42.6 Å². The predicted octanol–water partition coefficient (Wildman–Crippen LogP) is 2.46. The Kier molecular flexibility index (Phi) is 5.46. The average molecular weight is 401 g/mol. The van der Waals surface area contributed by atoms with Crippen LogP contribution in [0.5, 0.6) is 0 Å². The number of anilines is 3. The number of benzene rings is 1. The van der Waals surface area contributed by atoms with E-state index in [-0.39, 0.29) is 18.2 Å². The van der Waals surface area contributed by atoms with Gasteiger partial charge in [-0.05, 0) is 36.6 Å². The van der Waals surface area contributed by atoms with E-state index in [0.29, 0.717) is 16.9 Å². The standard InChI is InChI=1S/C22H23N7O/c23-7-5-14-3-4-15-11-17(25)21(27-18(15)10-14)22(30)28-19-12-26-8-6-20(19)29-9-1-2-16(24)13-29/h3-4,6,8,10-12,16H,1-2,5,9,13,24-25H2,(H,28,30). The SMILES string of the molecule is N#CCc1ccc2cc(N)c(C(=O)Nc3cnccc3N3CCCC(N)C3)nc2c1. The molecule has 0 saturated carbocycles. The molecule has 1 atom stereocenters. The summed E-state index contributed by atoms with van der Waals surface area (Å²) in [5, 5.41) is 12.6. The zero-order valence-electron chi connectivity index (χ0n) is 16.5. The van der Waals surface area contributed by atoms with Crippen molar-refractivity contribution < 1.29 is 4.79 Å². The van der Waals surface area contributed by atoms with E-state index in [1.165, 1.54) is 0 Å². The number of hydrogen-bond acceptors (Lipinski definition) is 7. The predicted molar refractivity (Wildman–Crippen MR) is 117 cm³/mol. The second kappa shape index (κ2) is 8.35. The summed E-state index contributed by atoms with van der Waals surface area (Å²) < 4.78 is 0. The third kappa shape index (κ3) is 4.02. The van der Waals surface area contributed by atoms with E-state index in [4.69, 9.17) is 16.7 Å². The van der Waals surface area contributed by atoms with Crippen molar-refractivity contribution in [3.8, 4) is 6.07 Å². The van der Waals surface area contributed by atoms with Gasteiger partial charge in [-0.1, -0.05) is 12.1 Å². The Morgan fingerprint density at radius 2 is 2.20 bits per heavy atom. The van der Waals surface area contributed by atoms with Crippen LogP contribution in [0.25, 0.3) is 10.9 Å². The highest BCUT2D eigenvalue weighted by atomic mass is 16.1. The molecule has 0 spiro atoms. The van der Waals surface area contributed by atoms with Crippen molar-refractivity contribution in [3.05, 3.63) is 54.0 Å². The van der Waals surface area contributed by atoms with Crippen LogP contribution in [0.2, 0.25) is 0 Å². The van der Waals surface area contributed by atoms with E-state index in [1.54, 1.807) is 24.5 Å². The Bertz CT molecular complexity index is 1140. The Balaban J connectivity index is 1.63. The van der Waals surface area contributed by atoms with Gasteiger partial charge in [0, 0.05) is 30.7 Å². The third-order valence-electron chi connectivity index (χ3n) is 5.25. The van der Waals surface area contributed by atoms with E-state index in [9.17, 15) is 4.79 Å². The molecular weight excluding hydrogens is 378 g/mol. The second-order valence-corrected chi connectivity index (χ2v) is 7.48. The maximum Gasteiger partial charge on any atom is 0.276 e. The molecule has 0 bridgehead atoms. The van der Waals surface area contributed by atoms with Crippen LogP contribution >= 0.6 is 0 Å². The number of hydrogen-bond donors (Lipinski definition) is 3. The molecule has 1 aliphatic heterocycles. The molecule has 30 heavy (non-hydrogen) atoms. The molecule has 2 aromatic heterocycles. The van der Waals surface area contributed by atoms with Gasteiger partial charge in [0.15, 0.2) is 5.69 Å². The number of piperidine rings is 1. The molecule has 1 unspecified atom stereocenters. The summed E-state index contributed by atoms with van der Waals surface area (Å²) in [4.78, 5) is 23.8. The molecule has 5 N–H and O–H groups in total. The van der Waals surface area contributed by atoms with Crippen LogP contribution in [0, 0.1) is 11.3 Å². The fourth-order valence-electron chi connectivity index (χ4n) is 3.78. The molecule has 0 radical (unpaired) electrons. The van der Waals surface area contributed by atoms with Gasteiger partial charge in [-0.3, -0.25) is 9.78 Å². The highest BCUT2D eigenvalue weighted by Crippen LogP contribution is 2.28. The summed E-state index contributed by atoms with van der Waals surface area (Å²) in [7, 11) is 0. The molecule has 1 aromatic carbocycles. The number of nitrogen functional groups attached to an aromatic ring is 1. The summed E-state index contributed by atoms with van der Waals surface area (Å²) in [6.45, 7) is 1.60. The van der Waals surface area contributed by atoms with Crippen LogP contribution in [0.3, 0.4) is 0 Å². The number of carbonyl (C=O) groups is 1. The van der Waals surface area contributed by atoms with Gasteiger partial charge in [0.2, 0.25) is 0 Å². The van der Waals surface area contributed by atoms with Crippen LogP contribution in [-0.4, -0.2) is 35.0 Å². The van der Waals surface area contributed by atoms with Crippen molar-refractivity contribution in [3.63, 3.8) is 0 Å². The number of nitriles is 1. The fourth-order valence-corrected chi connectivity index (χ4v) is 3.78. The molecule has 1 fully saturated rings. The summed E-state index contributed by atoms with van der Waals surface area (Å²) in [5.74, 6) is -0.407. The number of pyridine rings is 2. The Labute approximate surface area is 174 Å². The van der Waals surface area contributed by atoms with Gasteiger partial charge in [0.1, 0.15) is 0 Å². The molecule has 1 amide bonds. The van der Waals surface area contributed by atoms with Crippen molar-refractivity contribution >= 4 is 33.9 Å². The maximum atomic E-state index is 13.0. The van der Waals surface area contributed by atoms with Gasteiger partial charge in [-0.25, -0.2) is 4.98 Å². The molecule has 152 valence electrons. The topological polar surface area (TPSA) is 134 Å². The maximum absolute atomic E-state index is 13.0. The number of fused-ring (bicyclic) bond motifs is 1. The number of carbonyl (C=O) groups excluding carboxylic acids is 1. The van der Waals surface area contributed by atoms with E-state index >= 15 is 0 Å². The van der Waals surface area contributed by atoms with Crippen LogP contribution in [0.4, 0.5) is 17.1 Å². The summed E-state index contributed by atoms with van der Waals surface area (Å²) >= 11 is 0. The lowest BCUT2D eigenvalue weighted by molar-refractivity contribution is 0.102. The first-order chi connectivity index (χ1) is 14.5. The van der Waals surface area contributed by atoms with Gasteiger partial charge in [-0.2, -0.15) is 5.26 Å². The smallest absolute Gasteiger partial charge is 0.276 e. The number of aromatic nitrogens is 2. The number of nitrogens with one attached hydrogen (secondary N) is 1. The molecule has 8 heteroatoms. The highest BCUT2D eigenvalue weighted by Gasteiger charge is 2.21. The molecule has 4 rings (SSSR count). The molecule has 3 aromatic rings. The minimum Gasteiger partial charge on any atom is -0.397 e. The summed E-state index contributed by atoms with van der Waals surface area (Å²) in [6, 6.07) is 11.3. The Morgan fingerprint density at radius 1 is 1.33 bits per heavy atom. The zero-order valence-corrected chi connectivity index (χ0v) is 16.5. The van der Waals surface area contributed by atoms with Crippen molar-refractivity contribution in [1.82, 2.24) is 9.97 Å². The van der Waals surface area contributed by atoms with Gasteiger partial charge < -0.3 is 21.7 Å². The lowest BCUT2D eigenvalue weighted by atomic mass is 10.1. The summed E-state index contributed by atoms with van der Waals surface area (Å²) in [5.41, 5.74) is 15.6. The highest BCUT2D eigenvalue weighted by molar-refractivity contribution is 6.09. The van der Waals surface area contributed by atoms with Gasteiger partial charge >= 0.3 is 0 Å². The molecule has 3 heterocycles. The lowest BCUT2D eigenvalue weighted by Gasteiger charge is -2.33. The first kappa shape index (κ1) is 19.6. The molecule has 8 nitrogen and oxygen atoms in total. The summed E-state index contributed by atoms with van der Waals surface area (Å²) in [6.07, 6.45) is 5.59. The van der Waals surface area contributed by atoms with Crippen LogP contribution in [0.15, 0.2) is 42.7 Å². The largest absolute Gasteiger partial charge is 0.397 e. The van der Waals surface area contributed by atoms with Crippen molar-refractivity contribution in [2.45, 2.75) is 25.3 Å². The number of amides is 1. The normalized spacial score (nSPS) is 16.3. The first-order valence-electron chi connectivity index (χ1n) is 9.87. The first-order valence-corrected chi connectivity index (χ1v) is 9.87. The molecule has 0 aliphatic carbocycles. The van der Waals surface area contributed by atoms with Gasteiger partial charge in [-0.15, -0.1) is 0 Å². The van der Waals surface area contributed by atoms with E-state index in [2.05, 4.69) is 26.3 Å². The van der Waals surface area contributed by atoms with Crippen molar-refractivity contribution in [2.75, 3.05) is 29.0 Å². The fraction of sp³-hybridized carbons (Fsp3) is 0.273. The van der Waals surface area contributed by atoms with Crippen molar-refractivity contribution in [1.29, 1.82) is 5.26 Å². The minimum atomic E-state index is -0.407. The molecular formula is C22H23N7O. The minimum absolute atomic E-state index is 0.107. The molecule has 1 aliphatic rings. The third-order valence-corrected chi connectivity index (χ3v) is 5.25. The van der Waals surface area contributed by atoms with Gasteiger partial charge in [0.05, 0.1) is 41.3 Å². The average Bonchev–Trinajstić information content (AvgIpc) is 2.74. The van der Waals surface area contributed by atoms with Crippen molar-refractivity contribution in [2.24, 2.45) is 5.73 Å². The quantitative estimate of drug-likeness (QED) is 0.611. The molecule has 1 saturated heterocycles. The Morgan fingerprint density at radius 3 is 3.00 bits per heavy atom. The second-order valence-electron chi connectivity index (χ2n) is 7.48. The monoisotopic (exact) mass is 401 g/mol. The lowest BCUT2D eigenvalue weighted by Crippen LogP contribution is -2.43. The Hall–Kier alpha value is -3.70.